The van der Waals surface area contributed by atoms with Crippen molar-refractivity contribution < 1.29 is 14.6 Å². The molecule has 0 aliphatic carbocycles. The summed E-state index contributed by atoms with van der Waals surface area (Å²) < 4.78 is 11.0. The molecule has 116 valence electrons. The normalized spacial score (nSPS) is 14.0. The molecular formula is C17H26O3Si. The molecule has 2 atom stereocenters. The lowest BCUT2D eigenvalue weighted by Gasteiger charge is -2.18. The molecule has 0 spiro atoms. The van der Waals surface area contributed by atoms with Crippen molar-refractivity contribution in [2.45, 2.75) is 39.3 Å². The Morgan fingerprint density at radius 2 is 1.81 bits per heavy atom. The van der Waals surface area contributed by atoms with Crippen molar-refractivity contribution in [2.24, 2.45) is 5.92 Å². The molecule has 0 aliphatic heterocycles. The zero-order chi connectivity index (χ0) is 15.9. The van der Waals surface area contributed by atoms with E-state index in [-0.39, 0.29) is 18.6 Å². The molecule has 21 heavy (non-hydrogen) atoms. The second kappa shape index (κ2) is 8.23. The van der Waals surface area contributed by atoms with Gasteiger partial charge in [-0.2, -0.15) is 0 Å². The van der Waals surface area contributed by atoms with Gasteiger partial charge in [-0.25, -0.2) is 0 Å². The Morgan fingerprint density at radius 1 is 1.19 bits per heavy atom. The van der Waals surface area contributed by atoms with Crippen molar-refractivity contribution >= 4 is 8.07 Å². The second-order valence-corrected chi connectivity index (χ2v) is 11.0. The minimum absolute atomic E-state index is 0.00657. The lowest BCUT2D eigenvalue weighted by atomic mass is 10.1. The van der Waals surface area contributed by atoms with E-state index >= 15 is 0 Å². The molecule has 0 saturated heterocycles. The number of hydrogen-bond acceptors (Lipinski definition) is 3. The third kappa shape index (κ3) is 6.81. The topological polar surface area (TPSA) is 38.7 Å². The minimum atomic E-state index is -1.44. The summed E-state index contributed by atoms with van der Waals surface area (Å²) in [6, 6.07) is 7.78. The molecule has 0 aliphatic rings. The van der Waals surface area contributed by atoms with E-state index in [1.165, 1.54) is 0 Å². The van der Waals surface area contributed by atoms with Crippen LogP contribution in [-0.2, 0) is 11.3 Å². The predicted molar refractivity (Wildman–Crippen MR) is 88.9 cm³/mol. The minimum Gasteiger partial charge on any atom is -0.497 e. The van der Waals surface area contributed by atoms with Gasteiger partial charge in [0, 0.05) is 12.5 Å². The monoisotopic (exact) mass is 306 g/mol. The number of benzene rings is 1. The highest BCUT2D eigenvalue weighted by atomic mass is 28.3. The lowest BCUT2D eigenvalue weighted by molar-refractivity contribution is 0.0254. The molecule has 0 aromatic heterocycles. The van der Waals surface area contributed by atoms with Crippen molar-refractivity contribution in [2.75, 3.05) is 13.7 Å². The van der Waals surface area contributed by atoms with Gasteiger partial charge in [0.15, 0.2) is 0 Å². The van der Waals surface area contributed by atoms with Gasteiger partial charge < -0.3 is 14.6 Å². The number of aliphatic hydroxyl groups is 1. The summed E-state index contributed by atoms with van der Waals surface area (Å²) in [6.45, 7) is 9.11. The SMILES string of the molecule is COc1ccc(COC(C#C[Si](C)(C)C)[C@@H](C)CO)cc1. The average molecular weight is 306 g/mol. The number of methoxy groups -OCH3 is 1. The number of rotatable bonds is 6. The van der Waals surface area contributed by atoms with Crippen LogP contribution < -0.4 is 4.74 Å². The fourth-order valence-corrected chi connectivity index (χ4v) is 2.21. The molecule has 1 aromatic carbocycles. The highest BCUT2D eigenvalue weighted by Gasteiger charge is 2.16. The van der Waals surface area contributed by atoms with Gasteiger partial charge >= 0.3 is 0 Å². The summed E-state index contributed by atoms with van der Waals surface area (Å²) in [7, 11) is 0.211. The Hall–Kier alpha value is -1.28. The van der Waals surface area contributed by atoms with Crippen LogP contribution in [0.5, 0.6) is 5.75 Å². The summed E-state index contributed by atoms with van der Waals surface area (Å²) >= 11 is 0. The quantitative estimate of drug-likeness (QED) is 0.648. The summed E-state index contributed by atoms with van der Waals surface area (Å²) in [4.78, 5) is 0. The van der Waals surface area contributed by atoms with Crippen LogP contribution in [0.4, 0.5) is 0 Å². The second-order valence-electron chi connectivity index (χ2n) is 6.26. The van der Waals surface area contributed by atoms with Crippen molar-refractivity contribution in [1.82, 2.24) is 0 Å². The van der Waals surface area contributed by atoms with Gasteiger partial charge in [0.05, 0.1) is 13.7 Å². The highest BCUT2D eigenvalue weighted by Crippen LogP contribution is 2.14. The van der Waals surface area contributed by atoms with Crippen LogP contribution in [0.15, 0.2) is 24.3 Å². The van der Waals surface area contributed by atoms with E-state index in [0.29, 0.717) is 6.61 Å². The van der Waals surface area contributed by atoms with Crippen LogP contribution in [0.1, 0.15) is 12.5 Å². The Balaban J connectivity index is 2.69. The van der Waals surface area contributed by atoms with Crippen LogP contribution in [0, 0.1) is 17.4 Å². The van der Waals surface area contributed by atoms with E-state index < -0.39 is 8.07 Å². The van der Waals surface area contributed by atoms with E-state index in [4.69, 9.17) is 9.47 Å². The average Bonchev–Trinajstić information content (AvgIpc) is 2.46. The Kier molecular flexibility index (Phi) is 6.96. The predicted octanol–water partition coefficient (Wildman–Crippen LogP) is 3.09. The van der Waals surface area contributed by atoms with Gasteiger partial charge in [-0.3, -0.25) is 0 Å². The van der Waals surface area contributed by atoms with Crippen molar-refractivity contribution in [3.63, 3.8) is 0 Å². The molecule has 4 heteroatoms. The van der Waals surface area contributed by atoms with Gasteiger partial charge in [-0.05, 0) is 17.7 Å². The fraction of sp³-hybridized carbons (Fsp3) is 0.529. The van der Waals surface area contributed by atoms with Crippen LogP contribution in [0.2, 0.25) is 19.6 Å². The molecule has 0 saturated carbocycles. The first-order valence-corrected chi connectivity index (χ1v) is 10.7. The van der Waals surface area contributed by atoms with Crippen molar-refractivity contribution in [1.29, 1.82) is 0 Å². The molecule has 1 rings (SSSR count). The van der Waals surface area contributed by atoms with Gasteiger partial charge in [-0.15, -0.1) is 5.54 Å². The third-order valence-electron chi connectivity index (χ3n) is 2.98. The van der Waals surface area contributed by atoms with Crippen LogP contribution in [0.25, 0.3) is 0 Å². The maximum absolute atomic E-state index is 9.35. The van der Waals surface area contributed by atoms with Crippen LogP contribution >= 0.6 is 0 Å². The first kappa shape index (κ1) is 17.8. The first-order chi connectivity index (χ1) is 9.85. The van der Waals surface area contributed by atoms with E-state index in [0.717, 1.165) is 11.3 Å². The molecule has 0 heterocycles. The molecule has 0 radical (unpaired) electrons. The highest BCUT2D eigenvalue weighted by molar-refractivity contribution is 6.83. The van der Waals surface area contributed by atoms with Gasteiger partial charge in [-0.1, -0.05) is 44.6 Å². The van der Waals surface area contributed by atoms with Gasteiger partial charge in [0.1, 0.15) is 19.9 Å². The zero-order valence-electron chi connectivity index (χ0n) is 13.6. The van der Waals surface area contributed by atoms with Crippen molar-refractivity contribution in [3.8, 4) is 17.2 Å². The molecule has 0 amide bonds. The summed E-state index contributed by atoms with van der Waals surface area (Å²) in [5, 5.41) is 9.35. The molecule has 0 fully saturated rings. The molecule has 3 nitrogen and oxygen atoms in total. The molecule has 0 bridgehead atoms. The smallest absolute Gasteiger partial charge is 0.129 e. The van der Waals surface area contributed by atoms with Gasteiger partial charge in [0.2, 0.25) is 0 Å². The first-order valence-electron chi connectivity index (χ1n) is 7.24. The molecule has 1 unspecified atom stereocenters. The largest absolute Gasteiger partial charge is 0.497 e. The summed E-state index contributed by atoms with van der Waals surface area (Å²) in [5.74, 6) is 4.05. The van der Waals surface area contributed by atoms with Crippen LogP contribution in [-0.4, -0.2) is 33.0 Å². The lowest BCUT2D eigenvalue weighted by Crippen LogP contribution is -2.25. The van der Waals surface area contributed by atoms with E-state index in [1.807, 2.05) is 31.2 Å². The Morgan fingerprint density at radius 3 is 2.29 bits per heavy atom. The standard InChI is InChI=1S/C17H26O3Si/c1-14(12-18)17(10-11-21(3,4)5)20-13-15-6-8-16(19-2)9-7-15/h6-9,14,17-18H,12-13H2,1-5H3/t14-,17?/m0/s1. The molecule has 1 aromatic rings. The van der Waals surface area contributed by atoms with E-state index in [2.05, 4.69) is 31.1 Å². The van der Waals surface area contributed by atoms with Crippen molar-refractivity contribution in [3.05, 3.63) is 29.8 Å². The number of hydrogen-bond donors (Lipinski definition) is 1. The third-order valence-corrected chi connectivity index (χ3v) is 3.88. The van der Waals surface area contributed by atoms with E-state index in [1.54, 1.807) is 7.11 Å². The molecule has 1 N–H and O–H groups in total. The van der Waals surface area contributed by atoms with E-state index in [9.17, 15) is 5.11 Å². The fourth-order valence-electron chi connectivity index (χ4n) is 1.64. The summed E-state index contributed by atoms with van der Waals surface area (Å²) in [6.07, 6.45) is -0.233. The summed E-state index contributed by atoms with van der Waals surface area (Å²) in [5.41, 5.74) is 4.39. The Bertz CT molecular complexity index is 479. The Labute approximate surface area is 129 Å². The zero-order valence-corrected chi connectivity index (χ0v) is 14.6. The maximum Gasteiger partial charge on any atom is 0.129 e. The number of ether oxygens (including phenoxy) is 2. The maximum atomic E-state index is 9.35. The number of aliphatic hydroxyl groups excluding tert-OH is 1. The van der Waals surface area contributed by atoms with Crippen LogP contribution in [0.3, 0.4) is 0 Å². The molecular weight excluding hydrogens is 280 g/mol. The van der Waals surface area contributed by atoms with Gasteiger partial charge in [0.25, 0.3) is 0 Å².